The average molecular weight is 506 g/mol. The summed E-state index contributed by atoms with van der Waals surface area (Å²) in [7, 11) is 0. The molecule has 3 atom stereocenters. The second kappa shape index (κ2) is 16.0. The predicted octanol–water partition coefficient (Wildman–Crippen LogP) is 0.0137. The maximum absolute atomic E-state index is 10.6. The van der Waals surface area contributed by atoms with Crippen LogP contribution in [0.1, 0.15) is 30.5 Å². The molecule has 2 aromatic heterocycles. The lowest BCUT2D eigenvalue weighted by atomic mass is 10.1. The first-order valence-electron chi connectivity index (χ1n) is 11.2. The van der Waals surface area contributed by atoms with E-state index in [1.165, 1.54) is 6.33 Å². The smallest absolute Gasteiger partial charge is 0.320 e. The van der Waals surface area contributed by atoms with Gasteiger partial charge in [0.25, 0.3) is 0 Å². The van der Waals surface area contributed by atoms with Crippen LogP contribution in [0.15, 0.2) is 43.0 Å². The highest BCUT2D eigenvalue weighted by atomic mass is 16.4. The molecule has 0 aliphatic heterocycles. The third-order valence-corrected chi connectivity index (χ3v) is 5.02. The number of nitrogens with two attached hydrogens (primary N) is 4. The van der Waals surface area contributed by atoms with E-state index in [0.717, 1.165) is 29.3 Å². The normalized spacial score (nSPS) is 12.9. The van der Waals surface area contributed by atoms with Crippen LogP contribution in [-0.4, -0.2) is 72.8 Å². The van der Waals surface area contributed by atoms with Crippen LogP contribution in [0.25, 0.3) is 10.9 Å². The van der Waals surface area contributed by atoms with Crippen molar-refractivity contribution in [2.45, 2.75) is 50.2 Å². The first-order chi connectivity index (χ1) is 17.1. The molecule has 198 valence electrons. The highest BCUT2D eigenvalue weighted by Gasteiger charge is 2.14. The molecule has 13 heteroatoms. The van der Waals surface area contributed by atoms with Crippen molar-refractivity contribution in [3.63, 3.8) is 0 Å². The number of hydrogen-bond acceptors (Lipinski definition) is 8. The number of aliphatic carboxylic acids is 3. The van der Waals surface area contributed by atoms with Gasteiger partial charge in [-0.15, -0.1) is 0 Å². The number of aromatic nitrogens is 3. The van der Waals surface area contributed by atoms with E-state index in [-0.39, 0.29) is 6.42 Å². The Labute approximate surface area is 207 Å². The van der Waals surface area contributed by atoms with Crippen molar-refractivity contribution in [3.05, 3.63) is 54.2 Å². The molecule has 2 heterocycles. The number of rotatable bonds is 11. The molecule has 13 N–H and O–H groups in total. The summed E-state index contributed by atoms with van der Waals surface area (Å²) >= 11 is 0. The minimum atomic E-state index is -1.01. The van der Waals surface area contributed by atoms with Gasteiger partial charge in [-0.25, -0.2) is 4.98 Å². The van der Waals surface area contributed by atoms with E-state index in [1.54, 1.807) is 6.20 Å². The van der Waals surface area contributed by atoms with Gasteiger partial charge < -0.3 is 48.2 Å². The number of aromatic amines is 2. The number of hydrogen-bond donors (Lipinski definition) is 9. The molecule has 1 aromatic carbocycles. The second-order valence-electron chi connectivity index (χ2n) is 7.95. The second-order valence-corrected chi connectivity index (χ2v) is 7.95. The zero-order chi connectivity index (χ0) is 27.1. The van der Waals surface area contributed by atoms with Gasteiger partial charge in [0.15, 0.2) is 0 Å². The maximum Gasteiger partial charge on any atom is 0.320 e. The van der Waals surface area contributed by atoms with Crippen LogP contribution < -0.4 is 22.9 Å². The minimum absolute atomic E-state index is 0.263. The summed E-state index contributed by atoms with van der Waals surface area (Å²) < 4.78 is 0. The molecule has 36 heavy (non-hydrogen) atoms. The maximum atomic E-state index is 10.6. The van der Waals surface area contributed by atoms with Gasteiger partial charge in [0.05, 0.1) is 12.0 Å². The Morgan fingerprint density at radius 3 is 2.03 bits per heavy atom. The van der Waals surface area contributed by atoms with Crippen molar-refractivity contribution in [1.29, 1.82) is 0 Å². The number of unbranched alkanes of at least 4 members (excludes halogenated alkanes) is 1. The summed E-state index contributed by atoms with van der Waals surface area (Å²) in [6, 6.07) is 5.33. The number of nitrogens with one attached hydrogen (secondary N) is 2. The Kier molecular flexibility index (Phi) is 13.4. The summed E-state index contributed by atoms with van der Waals surface area (Å²) in [6.45, 7) is 0.604. The van der Waals surface area contributed by atoms with Crippen LogP contribution >= 0.6 is 0 Å². The fourth-order valence-corrected chi connectivity index (χ4v) is 2.97. The molecule has 0 saturated heterocycles. The number of carbonyl (C=O) groups is 3. The number of carboxylic acids is 3. The van der Waals surface area contributed by atoms with Gasteiger partial charge in [0, 0.05) is 36.1 Å². The number of fused-ring (bicyclic) bond motifs is 1. The van der Waals surface area contributed by atoms with E-state index < -0.39 is 36.0 Å². The van der Waals surface area contributed by atoms with Crippen LogP contribution in [0.3, 0.4) is 0 Å². The molecule has 0 unspecified atom stereocenters. The Bertz CT molecular complexity index is 1070. The van der Waals surface area contributed by atoms with Crippen molar-refractivity contribution < 1.29 is 29.7 Å². The molecule has 0 spiro atoms. The Morgan fingerprint density at radius 1 is 0.861 bits per heavy atom. The zero-order valence-electron chi connectivity index (χ0n) is 19.8. The predicted molar refractivity (Wildman–Crippen MR) is 134 cm³/mol. The lowest BCUT2D eigenvalue weighted by Crippen LogP contribution is -2.32. The van der Waals surface area contributed by atoms with Crippen molar-refractivity contribution in [1.82, 2.24) is 15.0 Å². The standard InChI is InChI=1S/C11H12N2O2.C6H9N3O2.C6H14N2O2/c12-9(11(14)15)5-7-6-13-10-4-2-1-3-8(7)10;7-5(6(10)11)1-4-2-8-3-9-4;7-4-2-1-3-5(8)6(9)10/h1-4,6,9,13H,5,12H2,(H,14,15);2-3,5H,1,7H2,(H,8,9)(H,10,11);5H,1-4,7-8H2,(H,9,10)/t9-;2*5-/m000/s1. The minimum Gasteiger partial charge on any atom is -0.480 e. The Balaban J connectivity index is 0.000000279. The molecule has 0 aliphatic rings. The third-order valence-electron chi connectivity index (χ3n) is 5.02. The van der Waals surface area contributed by atoms with Gasteiger partial charge in [0.2, 0.25) is 0 Å². The third kappa shape index (κ3) is 11.1. The van der Waals surface area contributed by atoms with Crippen molar-refractivity contribution in [3.8, 4) is 0 Å². The molecule has 0 fully saturated rings. The van der Waals surface area contributed by atoms with Crippen LogP contribution in [0, 0.1) is 0 Å². The summed E-state index contributed by atoms with van der Waals surface area (Å²) in [5, 5.41) is 26.5. The molecule has 0 aliphatic carbocycles. The molecule has 0 bridgehead atoms. The number of imidazole rings is 1. The largest absolute Gasteiger partial charge is 0.480 e. The van der Waals surface area contributed by atoms with Gasteiger partial charge in [-0.05, 0) is 31.0 Å². The molecule has 0 radical (unpaired) electrons. The van der Waals surface area contributed by atoms with E-state index in [0.29, 0.717) is 25.1 Å². The van der Waals surface area contributed by atoms with Crippen molar-refractivity contribution >= 4 is 28.8 Å². The number of H-pyrrole nitrogens is 2. The SMILES string of the molecule is NCCCC[C@H](N)C(=O)O.N[C@@H](Cc1c[nH]c2ccccc12)C(=O)O.N[C@@H](Cc1c[nH]cn1)C(=O)O. The zero-order valence-corrected chi connectivity index (χ0v) is 19.8. The van der Waals surface area contributed by atoms with E-state index in [9.17, 15) is 14.4 Å². The van der Waals surface area contributed by atoms with Crippen LogP contribution in [0.4, 0.5) is 0 Å². The number of nitrogens with zero attached hydrogens (tertiary/aromatic N) is 1. The summed E-state index contributed by atoms with van der Waals surface area (Å²) in [4.78, 5) is 40.7. The number of benzene rings is 1. The topological polar surface area (TPSA) is 260 Å². The molecule has 0 saturated carbocycles. The molecular formula is C23H35N7O6. The number of para-hydroxylation sites is 1. The van der Waals surface area contributed by atoms with Gasteiger partial charge in [0.1, 0.15) is 18.1 Å². The molecule has 3 rings (SSSR count). The summed E-state index contributed by atoms with van der Waals surface area (Å²) in [5.41, 5.74) is 23.8. The van der Waals surface area contributed by atoms with Crippen LogP contribution in [0.2, 0.25) is 0 Å². The van der Waals surface area contributed by atoms with E-state index in [2.05, 4.69) is 15.0 Å². The van der Waals surface area contributed by atoms with E-state index in [1.807, 2.05) is 30.5 Å². The summed E-state index contributed by atoms with van der Waals surface area (Å²) in [6.07, 6.45) is 7.70. The van der Waals surface area contributed by atoms with Gasteiger partial charge >= 0.3 is 17.9 Å². The van der Waals surface area contributed by atoms with E-state index in [4.69, 9.17) is 38.3 Å². The molecular weight excluding hydrogens is 470 g/mol. The van der Waals surface area contributed by atoms with Gasteiger partial charge in [-0.2, -0.15) is 0 Å². The molecule has 0 amide bonds. The van der Waals surface area contributed by atoms with E-state index >= 15 is 0 Å². The fourth-order valence-electron chi connectivity index (χ4n) is 2.97. The highest BCUT2D eigenvalue weighted by Crippen LogP contribution is 2.18. The Hall–Kier alpha value is -3.78. The lowest BCUT2D eigenvalue weighted by molar-refractivity contribution is -0.139. The van der Waals surface area contributed by atoms with Crippen LogP contribution in [0.5, 0.6) is 0 Å². The van der Waals surface area contributed by atoms with Gasteiger partial charge in [-0.1, -0.05) is 24.6 Å². The first-order valence-corrected chi connectivity index (χ1v) is 11.2. The lowest BCUT2D eigenvalue weighted by Gasteiger charge is -2.04. The average Bonchev–Trinajstić information content (AvgIpc) is 3.50. The summed E-state index contributed by atoms with van der Waals surface area (Å²) in [5.74, 6) is -2.91. The first kappa shape index (κ1) is 30.3. The monoisotopic (exact) mass is 505 g/mol. The quantitative estimate of drug-likeness (QED) is 0.157. The molecule has 3 aromatic rings. The fraction of sp³-hybridized carbons (Fsp3) is 0.391. The van der Waals surface area contributed by atoms with Crippen LogP contribution in [-0.2, 0) is 27.2 Å². The Morgan fingerprint density at radius 2 is 1.47 bits per heavy atom. The van der Waals surface area contributed by atoms with Gasteiger partial charge in [-0.3, -0.25) is 14.4 Å². The number of carboxylic acid groups (broad SMARTS) is 3. The van der Waals surface area contributed by atoms with Crippen molar-refractivity contribution in [2.24, 2.45) is 22.9 Å². The highest BCUT2D eigenvalue weighted by molar-refractivity contribution is 5.84. The van der Waals surface area contributed by atoms with Crippen molar-refractivity contribution in [2.75, 3.05) is 6.54 Å². The molecule has 13 nitrogen and oxygen atoms in total.